The van der Waals surface area contributed by atoms with Crippen LogP contribution in [0.3, 0.4) is 0 Å². The molecule has 0 unspecified atom stereocenters. The van der Waals surface area contributed by atoms with Gasteiger partial charge in [0.1, 0.15) is 16.9 Å². The molecular weight excluding hydrogens is 434 g/mol. The maximum absolute atomic E-state index is 13.3. The molecule has 12 heteroatoms. The van der Waals surface area contributed by atoms with Gasteiger partial charge in [-0.25, -0.2) is 14.5 Å². The molecule has 2 fully saturated rings. The molecule has 1 saturated heterocycles. The van der Waals surface area contributed by atoms with E-state index in [9.17, 15) is 4.79 Å². The molecule has 6 rings (SSSR count). The fourth-order valence-corrected chi connectivity index (χ4v) is 4.43. The predicted octanol–water partition coefficient (Wildman–Crippen LogP) is 2.44. The van der Waals surface area contributed by atoms with Crippen LogP contribution in [0.2, 0.25) is 0 Å². The number of nitrogen functional groups attached to an aromatic ring is 1. The third kappa shape index (κ3) is 3.56. The summed E-state index contributed by atoms with van der Waals surface area (Å²) in [5, 5.41) is 18.4. The molecule has 4 aromatic rings. The first-order valence-corrected chi connectivity index (χ1v) is 11.3. The number of anilines is 5. The fraction of sp³-hybridized carbons (Fsp3) is 0.364. The Hall–Kier alpha value is -4.22. The van der Waals surface area contributed by atoms with Crippen LogP contribution in [0.5, 0.6) is 0 Å². The zero-order valence-corrected chi connectivity index (χ0v) is 18.7. The van der Waals surface area contributed by atoms with Gasteiger partial charge >= 0.3 is 0 Å². The van der Waals surface area contributed by atoms with Crippen molar-refractivity contribution in [3.63, 3.8) is 0 Å². The average molecular weight is 460 g/mol. The number of aromatic amines is 1. The SMILES string of the molecule is C[C@@]1(C(=O)Nc2cnc(N)cn2)CCCN1c1nc(Nc2cc(C3CC3)[nH]n2)c2cccn2n1. The zero-order valence-electron chi connectivity index (χ0n) is 18.7. The summed E-state index contributed by atoms with van der Waals surface area (Å²) in [5.41, 5.74) is 6.71. The van der Waals surface area contributed by atoms with Crippen LogP contribution in [-0.2, 0) is 4.79 Å². The molecule has 0 radical (unpaired) electrons. The van der Waals surface area contributed by atoms with E-state index in [1.807, 2.05) is 36.2 Å². The minimum absolute atomic E-state index is 0.198. The number of carbonyl (C=O) groups is 1. The van der Waals surface area contributed by atoms with Crippen LogP contribution in [-0.4, -0.2) is 52.8 Å². The summed E-state index contributed by atoms with van der Waals surface area (Å²) in [4.78, 5) is 28.2. The molecule has 1 aliphatic carbocycles. The topological polar surface area (TPSA) is 155 Å². The lowest BCUT2D eigenvalue weighted by molar-refractivity contribution is -0.120. The van der Waals surface area contributed by atoms with Crippen molar-refractivity contribution < 1.29 is 4.79 Å². The second kappa shape index (κ2) is 7.68. The summed E-state index contributed by atoms with van der Waals surface area (Å²) < 4.78 is 1.77. The van der Waals surface area contributed by atoms with Crippen LogP contribution < -0.4 is 21.3 Å². The Kier molecular flexibility index (Phi) is 4.61. The normalized spacial score (nSPS) is 20.1. The van der Waals surface area contributed by atoms with Gasteiger partial charge in [-0.2, -0.15) is 10.1 Å². The average Bonchev–Trinajstić information content (AvgIpc) is 3.20. The number of rotatable bonds is 6. The van der Waals surface area contributed by atoms with Crippen LogP contribution in [0.15, 0.2) is 36.8 Å². The number of H-pyrrole nitrogens is 1. The Morgan fingerprint density at radius 3 is 2.94 bits per heavy atom. The van der Waals surface area contributed by atoms with E-state index in [2.05, 4.69) is 30.8 Å². The molecule has 1 aliphatic heterocycles. The van der Waals surface area contributed by atoms with Gasteiger partial charge in [-0.1, -0.05) is 0 Å². The van der Waals surface area contributed by atoms with E-state index in [4.69, 9.17) is 15.8 Å². The van der Waals surface area contributed by atoms with Crippen molar-refractivity contribution in [1.82, 2.24) is 34.8 Å². The van der Waals surface area contributed by atoms with E-state index < -0.39 is 5.54 Å². The number of hydrogen-bond donors (Lipinski definition) is 4. The lowest BCUT2D eigenvalue weighted by atomic mass is 9.98. The molecule has 0 aromatic carbocycles. The molecule has 1 amide bonds. The molecule has 2 aliphatic rings. The van der Waals surface area contributed by atoms with Gasteiger partial charge in [-0.05, 0) is 44.7 Å². The second-order valence-corrected chi connectivity index (χ2v) is 9.02. The highest BCUT2D eigenvalue weighted by Gasteiger charge is 2.45. The number of aromatic nitrogens is 7. The van der Waals surface area contributed by atoms with Gasteiger partial charge in [0.25, 0.3) is 5.91 Å². The lowest BCUT2D eigenvalue weighted by Gasteiger charge is -2.33. The second-order valence-electron chi connectivity index (χ2n) is 9.02. The Bertz CT molecular complexity index is 1360. The minimum Gasteiger partial charge on any atom is -0.382 e. The van der Waals surface area contributed by atoms with Crippen molar-refractivity contribution in [1.29, 1.82) is 0 Å². The summed E-state index contributed by atoms with van der Waals surface area (Å²) >= 11 is 0. The smallest absolute Gasteiger partial charge is 0.251 e. The highest BCUT2D eigenvalue weighted by molar-refractivity contribution is 5.99. The van der Waals surface area contributed by atoms with Crippen LogP contribution in [0.4, 0.5) is 29.2 Å². The maximum Gasteiger partial charge on any atom is 0.251 e. The summed E-state index contributed by atoms with van der Waals surface area (Å²) in [5.74, 6) is 2.81. The number of carbonyl (C=O) groups excluding carboxylic acids is 1. The van der Waals surface area contributed by atoms with Crippen LogP contribution in [0, 0.1) is 0 Å². The third-order valence-electron chi connectivity index (χ3n) is 6.53. The first kappa shape index (κ1) is 20.4. The molecule has 174 valence electrons. The quantitative estimate of drug-likeness (QED) is 0.340. The first-order valence-electron chi connectivity index (χ1n) is 11.3. The van der Waals surface area contributed by atoms with Crippen molar-refractivity contribution in [3.8, 4) is 0 Å². The molecule has 34 heavy (non-hydrogen) atoms. The standard InChI is InChI=1S/C22H25N11O/c1-22(20(34)27-18-12-24-16(23)11-25-18)7-3-8-32(22)21-28-19(15-4-2-9-33(15)31-21)26-17-10-14(29-30-17)13-5-6-13/h2,4,9-13H,3,5-8H2,1H3,(H2,23,24)(H,25,27,34)(H2,26,28,29,30,31)/t22-/m0/s1. The number of amides is 1. The van der Waals surface area contributed by atoms with Crippen LogP contribution in [0.1, 0.15) is 44.2 Å². The number of nitrogens with zero attached hydrogens (tertiary/aromatic N) is 7. The maximum atomic E-state index is 13.3. The summed E-state index contributed by atoms with van der Waals surface area (Å²) in [6.45, 7) is 2.55. The number of nitrogens with two attached hydrogens (primary N) is 1. The fourth-order valence-electron chi connectivity index (χ4n) is 4.43. The van der Waals surface area contributed by atoms with Crippen molar-refractivity contribution >= 4 is 40.6 Å². The summed E-state index contributed by atoms with van der Waals surface area (Å²) in [6.07, 6.45) is 8.59. The van der Waals surface area contributed by atoms with Gasteiger partial charge < -0.3 is 21.3 Å². The Balaban J connectivity index is 1.31. The zero-order chi connectivity index (χ0) is 23.3. The minimum atomic E-state index is -0.855. The molecule has 0 bridgehead atoms. The van der Waals surface area contributed by atoms with Gasteiger partial charge in [0, 0.05) is 30.4 Å². The highest BCUT2D eigenvalue weighted by Crippen LogP contribution is 2.40. The van der Waals surface area contributed by atoms with E-state index in [1.165, 1.54) is 25.2 Å². The van der Waals surface area contributed by atoms with Gasteiger partial charge in [-0.3, -0.25) is 9.89 Å². The highest BCUT2D eigenvalue weighted by atomic mass is 16.2. The van der Waals surface area contributed by atoms with Crippen molar-refractivity contribution in [2.75, 3.05) is 27.8 Å². The summed E-state index contributed by atoms with van der Waals surface area (Å²) in [7, 11) is 0. The van der Waals surface area contributed by atoms with Crippen molar-refractivity contribution in [2.24, 2.45) is 0 Å². The molecule has 1 saturated carbocycles. The lowest BCUT2D eigenvalue weighted by Crippen LogP contribution is -2.52. The van der Waals surface area contributed by atoms with Crippen LogP contribution in [0.25, 0.3) is 5.52 Å². The molecule has 5 heterocycles. The Morgan fingerprint density at radius 1 is 1.26 bits per heavy atom. The molecule has 1 atom stereocenters. The molecule has 0 spiro atoms. The monoisotopic (exact) mass is 459 g/mol. The number of hydrogen-bond acceptors (Lipinski definition) is 9. The van der Waals surface area contributed by atoms with E-state index in [0.717, 1.165) is 17.6 Å². The molecule has 12 nitrogen and oxygen atoms in total. The molecule has 5 N–H and O–H groups in total. The van der Waals surface area contributed by atoms with Crippen molar-refractivity contribution in [2.45, 2.75) is 44.1 Å². The van der Waals surface area contributed by atoms with Crippen LogP contribution >= 0.6 is 0 Å². The Labute approximate surface area is 195 Å². The van der Waals surface area contributed by atoms with E-state index in [1.54, 1.807) is 4.52 Å². The van der Waals surface area contributed by atoms with Gasteiger partial charge in [-0.15, -0.1) is 5.10 Å². The van der Waals surface area contributed by atoms with E-state index >= 15 is 0 Å². The van der Waals surface area contributed by atoms with Gasteiger partial charge in [0.2, 0.25) is 5.95 Å². The largest absolute Gasteiger partial charge is 0.382 e. The number of nitrogens with one attached hydrogen (secondary N) is 3. The van der Waals surface area contributed by atoms with Crippen molar-refractivity contribution in [3.05, 3.63) is 42.5 Å². The van der Waals surface area contributed by atoms with E-state index in [0.29, 0.717) is 48.1 Å². The van der Waals surface area contributed by atoms with Gasteiger partial charge in [0.05, 0.1) is 12.4 Å². The van der Waals surface area contributed by atoms with Gasteiger partial charge in [0.15, 0.2) is 17.5 Å². The summed E-state index contributed by atoms with van der Waals surface area (Å²) in [6, 6.07) is 5.88. The first-order chi connectivity index (χ1) is 16.5. The molecular formula is C22H25N11O. The number of fused-ring (bicyclic) bond motifs is 1. The Morgan fingerprint density at radius 2 is 2.15 bits per heavy atom. The predicted molar refractivity (Wildman–Crippen MR) is 127 cm³/mol. The third-order valence-corrected chi connectivity index (χ3v) is 6.53. The molecule has 4 aromatic heterocycles. The van der Waals surface area contributed by atoms with E-state index in [-0.39, 0.29) is 5.91 Å².